The zero-order chi connectivity index (χ0) is 10.1. The first-order valence-corrected chi connectivity index (χ1v) is 5.11. The molecule has 0 amide bonds. The highest BCUT2D eigenvalue weighted by Crippen LogP contribution is 2.35. The summed E-state index contributed by atoms with van der Waals surface area (Å²) in [4.78, 5) is 0. The molecule has 2 heteroatoms. The summed E-state index contributed by atoms with van der Waals surface area (Å²) in [5, 5.41) is 3.20. The number of fused-ring (bicyclic) bond motifs is 1. The molecular weight excluding hydrogens is 174 g/mol. The molecule has 1 aromatic rings. The summed E-state index contributed by atoms with van der Waals surface area (Å²) in [5.74, 6) is 1.60. The Balaban J connectivity index is 2.35. The Hall–Kier alpha value is -1.02. The van der Waals surface area contributed by atoms with E-state index >= 15 is 0 Å². The van der Waals surface area contributed by atoms with E-state index in [4.69, 9.17) is 4.74 Å². The smallest absolute Gasteiger partial charge is 0.123 e. The van der Waals surface area contributed by atoms with Crippen LogP contribution in [0.25, 0.3) is 0 Å². The van der Waals surface area contributed by atoms with Gasteiger partial charge in [0.25, 0.3) is 0 Å². The highest BCUT2D eigenvalue weighted by atomic mass is 16.5. The molecule has 1 atom stereocenters. The van der Waals surface area contributed by atoms with Crippen LogP contribution in [0.5, 0.6) is 5.75 Å². The van der Waals surface area contributed by atoms with Crippen molar-refractivity contribution in [1.29, 1.82) is 0 Å². The molecule has 0 radical (unpaired) electrons. The molecule has 0 fully saturated rings. The molecule has 76 valence electrons. The number of likely N-dealkylation sites (N-methyl/N-ethyl adjacent to an activating group) is 1. The fraction of sp³-hybridized carbons (Fsp3) is 0.500. The normalized spacial score (nSPS) is 19.2. The minimum Gasteiger partial charge on any atom is -0.493 e. The van der Waals surface area contributed by atoms with Crippen molar-refractivity contribution in [3.8, 4) is 5.75 Å². The average molecular weight is 191 g/mol. The number of aryl methyl sites for hydroxylation is 2. The molecular formula is C12H17NO. The minimum absolute atomic E-state index is 0.522. The molecule has 1 aliphatic rings. The van der Waals surface area contributed by atoms with E-state index < -0.39 is 0 Å². The number of benzene rings is 1. The lowest BCUT2D eigenvalue weighted by Gasteiger charge is -2.08. The van der Waals surface area contributed by atoms with Crippen LogP contribution < -0.4 is 10.1 Å². The molecule has 2 nitrogen and oxygen atoms in total. The average Bonchev–Trinajstić information content (AvgIpc) is 2.51. The van der Waals surface area contributed by atoms with E-state index in [9.17, 15) is 0 Å². The van der Waals surface area contributed by atoms with Gasteiger partial charge >= 0.3 is 0 Å². The van der Waals surface area contributed by atoms with Crippen molar-refractivity contribution in [3.05, 3.63) is 28.8 Å². The summed E-state index contributed by atoms with van der Waals surface area (Å²) in [7, 11) is 1.99. The predicted octanol–water partition coefficient (Wildman–Crippen LogP) is 2.00. The van der Waals surface area contributed by atoms with Gasteiger partial charge in [-0.25, -0.2) is 0 Å². The summed E-state index contributed by atoms with van der Waals surface area (Å²) in [6, 6.07) is 4.42. The standard InChI is InChI=1S/C12H17NO/c1-8-4-11-10(6-13-3)7-14-12(11)5-9(8)2/h4-5,10,13H,6-7H2,1-3H3. The Labute approximate surface area is 85.3 Å². The third-order valence-electron chi connectivity index (χ3n) is 2.96. The zero-order valence-electron chi connectivity index (χ0n) is 9.05. The fourth-order valence-electron chi connectivity index (χ4n) is 1.95. The van der Waals surface area contributed by atoms with Crippen LogP contribution in [0.2, 0.25) is 0 Å². The Morgan fingerprint density at radius 3 is 2.79 bits per heavy atom. The SMILES string of the molecule is CNCC1COc2cc(C)c(C)cc21. The van der Waals surface area contributed by atoms with Gasteiger partial charge in [-0.15, -0.1) is 0 Å². The largest absolute Gasteiger partial charge is 0.493 e. The van der Waals surface area contributed by atoms with E-state index in [0.717, 1.165) is 18.9 Å². The van der Waals surface area contributed by atoms with Crippen LogP contribution in [-0.4, -0.2) is 20.2 Å². The molecule has 0 spiro atoms. The number of ether oxygens (including phenoxy) is 1. The molecule has 0 saturated carbocycles. The highest BCUT2D eigenvalue weighted by molar-refractivity contribution is 5.46. The maximum absolute atomic E-state index is 5.66. The van der Waals surface area contributed by atoms with Crippen LogP contribution in [0.4, 0.5) is 0 Å². The molecule has 2 rings (SSSR count). The van der Waals surface area contributed by atoms with Crippen LogP contribution in [-0.2, 0) is 0 Å². The lowest BCUT2D eigenvalue weighted by molar-refractivity contribution is 0.328. The van der Waals surface area contributed by atoms with Crippen molar-refractivity contribution >= 4 is 0 Å². The van der Waals surface area contributed by atoms with Gasteiger partial charge in [-0.05, 0) is 38.1 Å². The van der Waals surface area contributed by atoms with Crippen LogP contribution in [0.1, 0.15) is 22.6 Å². The van der Waals surface area contributed by atoms with Crippen molar-refractivity contribution < 1.29 is 4.74 Å². The van der Waals surface area contributed by atoms with E-state index in [2.05, 4.69) is 31.3 Å². The summed E-state index contributed by atoms with van der Waals surface area (Å²) < 4.78 is 5.66. The Bertz CT molecular complexity index is 346. The lowest BCUT2D eigenvalue weighted by Crippen LogP contribution is -2.18. The third-order valence-corrected chi connectivity index (χ3v) is 2.96. The van der Waals surface area contributed by atoms with Crippen molar-refractivity contribution in [2.45, 2.75) is 19.8 Å². The number of hydrogen-bond acceptors (Lipinski definition) is 2. The zero-order valence-corrected chi connectivity index (χ0v) is 9.05. The molecule has 14 heavy (non-hydrogen) atoms. The van der Waals surface area contributed by atoms with E-state index in [1.54, 1.807) is 0 Å². The van der Waals surface area contributed by atoms with Gasteiger partial charge in [0.05, 0.1) is 6.61 Å². The monoisotopic (exact) mass is 191 g/mol. The summed E-state index contributed by atoms with van der Waals surface area (Å²) >= 11 is 0. The molecule has 0 aliphatic carbocycles. The van der Waals surface area contributed by atoms with Gasteiger partial charge in [-0.1, -0.05) is 6.07 Å². The van der Waals surface area contributed by atoms with Crippen LogP contribution in [0, 0.1) is 13.8 Å². The molecule has 1 heterocycles. The third kappa shape index (κ3) is 1.50. The van der Waals surface area contributed by atoms with Gasteiger partial charge < -0.3 is 10.1 Å². The number of nitrogens with one attached hydrogen (secondary N) is 1. The summed E-state index contributed by atoms with van der Waals surface area (Å²) in [6.07, 6.45) is 0. The Morgan fingerprint density at radius 2 is 2.07 bits per heavy atom. The van der Waals surface area contributed by atoms with Crippen molar-refractivity contribution in [1.82, 2.24) is 5.32 Å². The quantitative estimate of drug-likeness (QED) is 0.772. The highest BCUT2D eigenvalue weighted by Gasteiger charge is 2.23. The van der Waals surface area contributed by atoms with Gasteiger partial charge in [0.2, 0.25) is 0 Å². The van der Waals surface area contributed by atoms with Crippen LogP contribution in [0.3, 0.4) is 0 Å². The van der Waals surface area contributed by atoms with Gasteiger partial charge in [0.1, 0.15) is 5.75 Å². The Morgan fingerprint density at radius 1 is 1.36 bits per heavy atom. The van der Waals surface area contributed by atoms with Gasteiger partial charge in [0.15, 0.2) is 0 Å². The molecule has 1 aromatic carbocycles. The topological polar surface area (TPSA) is 21.3 Å². The second kappa shape index (κ2) is 3.62. The van der Waals surface area contributed by atoms with E-state index in [-0.39, 0.29) is 0 Å². The van der Waals surface area contributed by atoms with Crippen molar-refractivity contribution in [2.75, 3.05) is 20.2 Å². The maximum Gasteiger partial charge on any atom is 0.123 e. The van der Waals surface area contributed by atoms with Crippen molar-refractivity contribution in [3.63, 3.8) is 0 Å². The van der Waals surface area contributed by atoms with E-state index in [1.165, 1.54) is 16.7 Å². The fourth-order valence-corrected chi connectivity index (χ4v) is 1.95. The summed E-state index contributed by atoms with van der Waals surface area (Å²) in [5.41, 5.74) is 4.03. The van der Waals surface area contributed by atoms with Gasteiger partial charge in [-0.3, -0.25) is 0 Å². The van der Waals surface area contributed by atoms with E-state index in [0.29, 0.717) is 5.92 Å². The first-order valence-electron chi connectivity index (χ1n) is 5.11. The van der Waals surface area contributed by atoms with Gasteiger partial charge in [0, 0.05) is 18.0 Å². The maximum atomic E-state index is 5.66. The number of hydrogen-bond donors (Lipinski definition) is 1. The van der Waals surface area contributed by atoms with Crippen LogP contribution >= 0.6 is 0 Å². The second-order valence-corrected chi connectivity index (χ2v) is 4.04. The minimum atomic E-state index is 0.522. The van der Waals surface area contributed by atoms with Crippen molar-refractivity contribution in [2.24, 2.45) is 0 Å². The number of rotatable bonds is 2. The Kier molecular flexibility index (Phi) is 2.46. The van der Waals surface area contributed by atoms with Gasteiger partial charge in [-0.2, -0.15) is 0 Å². The molecule has 1 aliphatic heterocycles. The first-order chi connectivity index (χ1) is 6.72. The second-order valence-electron chi connectivity index (χ2n) is 4.04. The molecule has 0 bridgehead atoms. The molecule has 0 aromatic heterocycles. The first kappa shape index (κ1) is 9.53. The van der Waals surface area contributed by atoms with E-state index in [1.807, 2.05) is 7.05 Å². The predicted molar refractivity (Wildman–Crippen MR) is 58.1 cm³/mol. The molecule has 1 N–H and O–H groups in total. The molecule has 1 unspecified atom stereocenters. The molecule has 0 saturated heterocycles. The van der Waals surface area contributed by atoms with Crippen LogP contribution in [0.15, 0.2) is 12.1 Å². The summed E-state index contributed by atoms with van der Waals surface area (Å²) in [6.45, 7) is 6.10. The lowest BCUT2D eigenvalue weighted by atomic mass is 9.97.